The van der Waals surface area contributed by atoms with E-state index in [1.54, 1.807) is 6.08 Å². The predicted octanol–water partition coefficient (Wildman–Crippen LogP) is 3.13. The lowest BCUT2D eigenvalue weighted by Crippen LogP contribution is -2.35. The molecule has 1 N–H and O–H groups in total. The summed E-state index contributed by atoms with van der Waals surface area (Å²) in [6.07, 6.45) is 5.25. The lowest BCUT2D eigenvalue weighted by molar-refractivity contribution is -0.140. The Bertz CT molecular complexity index is 614. The first kappa shape index (κ1) is 22.2. The quantitative estimate of drug-likeness (QED) is 0.276. The van der Waals surface area contributed by atoms with Gasteiger partial charge in [-0.15, -0.1) is 0 Å². The molecule has 0 fully saturated rings. The Morgan fingerprint density at radius 3 is 2.48 bits per heavy atom. The molecule has 7 nitrogen and oxygen atoms in total. The van der Waals surface area contributed by atoms with E-state index >= 15 is 0 Å². The van der Waals surface area contributed by atoms with Crippen molar-refractivity contribution in [3.8, 4) is 0 Å². The molecule has 1 aromatic rings. The summed E-state index contributed by atoms with van der Waals surface area (Å²) in [6.45, 7) is 0.180. The average Bonchev–Trinajstić information content (AvgIpc) is 2.69. The molecule has 7 heteroatoms. The number of carbonyl (C=O) groups excluding carboxylic acids is 3. The molecule has 1 unspecified atom stereocenters. The third-order valence-electron chi connectivity index (χ3n) is 3.82. The Labute approximate surface area is 159 Å². The summed E-state index contributed by atoms with van der Waals surface area (Å²) in [7, 11) is 2.66. The maximum Gasteiger partial charge on any atom is 0.407 e. The first-order valence-electron chi connectivity index (χ1n) is 8.83. The summed E-state index contributed by atoms with van der Waals surface area (Å²) in [6, 6.07) is 9.16. The van der Waals surface area contributed by atoms with E-state index in [9.17, 15) is 14.4 Å². The number of nitrogens with one attached hydrogen (secondary N) is 1. The van der Waals surface area contributed by atoms with Gasteiger partial charge in [0.25, 0.3) is 0 Å². The highest BCUT2D eigenvalue weighted by Crippen LogP contribution is 2.09. The van der Waals surface area contributed by atoms with Crippen LogP contribution in [0.25, 0.3) is 0 Å². The average molecular weight is 377 g/mol. The van der Waals surface area contributed by atoms with Crippen molar-refractivity contribution < 1.29 is 28.6 Å². The molecule has 0 saturated heterocycles. The molecule has 0 aliphatic rings. The van der Waals surface area contributed by atoms with Crippen LogP contribution in [0.5, 0.6) is 0 Å². The lowest BCUT2D eigenvalue weighted by atomic mass is 10.1. The summed E-state index contributed by atoms with van der Waals surface area (Å²) in [5.41, 5.74) is 0.896. The molecule has 0 aliphatic carbocycles. The molecule has 0 aliphatic heterocycles. The van der Waals surface area contributed by atoms with E-state index in [0.29, 0.717) is 25.7 Å². The van der Waals surface area contributed by atoms with E-state index in [-0.39, 0.29) is 18.6 Å². The molecular formula is C20H27NO6. The number of hydrogen-bond donors (Lipinski definition) is 1. The summed E-state index contributed by atoms with van der Waals surface area (Å²) in [5, 5.41) is 2.80. The highest BCUT2D eigenvalue weighted by atomic mass is 16.5. The summed E-state index contributed by atoms with van der Waals surface area (Å²) < 4.78 is 14.4. The molecule has 148 valence electrons. The van der Waals surface area contributed by atoms with Crippen LogP contribution in [-0.2, 0) is 30.4 Å². The largest absolute Gasteiger partial charge is 0.469 e. The second-order valence-corrected chi connectivity index (χ2v) is 5.89. The van der Waals surface area contributed by atoms with Crippen molar-refractivity contribution in [2.24, 2.45) is 0 Å². The van der Waals surface area contributed by atoms with Crippen LogP contribution in [-0.4, -0.2) is 38.3 Å². The third kappa shape index (κ3) is 10.7. The third-order valence-corrected chi connectivity index (χ3v) is 3.82. The van der Waals surface area contributed by atoms with Crippen molar-refractivity contribution in [3.05, 3.63) is 48.0 Å². The molecule has 0 aromatic heterocycles. The normalized spacial score (nSPS) is 11.6. The van der Waals surface area contributed by atoms with Crippen LogP contribution in [0.4, 0.5) is 4.79 Å². The minimum absolute atomic E-state index is 0.180. The van der Waals surface area contributed by atoms with Gasteiger partial charge in [0.05, 0.1) is 14.2 Å². The molecule has 1 amide bonds. The zero-order valence-electron chi connectivity index (χ0n) is 15.8. The summed E-state index contributed by atoms with van der Waals surface area (Å²) in [4.78, 5) is 34.4. The highest BCUT2D eigenvalue weighted by molar-refractivity contribution is 5.81. The molecule has 0 heterocycles. The van der Waals surface area contributed by atoms with Gasteiger partial charge in [0.15, 0.2) is 0 Å². The van der Waals surface area contributed by atoms with Gasteiger partial charge >= 0.3 is 18.0 Å². The fraction of sp³-hybridized carbons (Fsp3) is 0.450. The lowest BCUT2D eigenvalue weighted by Gasteiger charge is -2.17. The Morgan fingerprint density at radius 2 is 1.81 bits per heavy atom. The Kier molecular flexibility index (Phi) is 11.0. The van der Waals surface area contributed by atoms with Gasteiger partial charge in [0.2, 0.25) is 0 Å². The standard InChI is InChI=1S/C20H27NO6/c1-25-18(22)13-7-6-11-17(12-8-14-19(23)26-2)21-20(24)27-15-16-9-4-3-5-10-16/h3-5,8-10,14,17H,6-7,11-13,15H2,1-2H3,(H,21,24)/b14-8+. The van der Waals surface area contributed by atoms with Crippen LogP contribution in [0.1, 0.15) is 37.7 Å². The van der Waals surface area contributed by atoms with Crippen molar-refractivity contribution in [2.45, 2.75) is 44.8 Å². The minimum Gasteiger partial charge on any atom is -0.469 e. The number of esters is 2. The second-order valence-electron chi connectivity index (χ2n) is 5.89. The van der Waals surface area contributed by atoms with Crippen molar-refractivity contribution in [1.82, 2.24) is 5.32 Å². The van der Waals surface area contributed by atoms with Crippen molar-refractivity contribution in [2.75, 3.05) is 14.2 Å². The van der Waals surface area contributed by atoms with Gasteiger partial charge < -0.3 is 19.5 Å². The summed E-state index contributed by atoms with van der Waals surface area (Å²) >= 11 is 0. The first-order chi connectivity index (χ1) is 13.0. The maximum absolute atomic E-state index is 12.0. The fourth-order valence-corrected chi connectivity index (χ4v) is 2.34. The number of unbranched alkanes of at least 4 members (excludes halogenated alkanes) is 1. The minimum atomic E-state index is -0.525. The number of amides is 1. The van der Waals surface area contributed by atoms with E-state index in [2.05, 4.69) is 14.8 Å². The molecule has 0 radical (unpaired) electrons. The molecule has 0 spiro atoms. The molecule has 1 atom stereocenters. The van der Waals surface area contributed by atoms with Crippen LogP contribution in [0.3, 0.4) is 0 Å². The van der Waals surface area contributed by atoms with Crippen LogP contribution < -0.4 is 5.32 Å². The molecular weight excluding hydrogens is 350 g/mol. The van der Waals surface area contributed by atoms with Gasteiger partial charge in [0, 0.05) is 18.5 Å². The molecule has 27 heavy (non-hydrogen) atoms. The first-order valence-corrected chi connectivity index (χ1v) is 8.83. The second kappa shape index (κ2) is 13.4. The van der Waals surface area contributed by atoms with E-state index in [4.69, 9.17) is 4.74 Å². The van der Waals surface area contributed by atoms with Gasteiger partial charge in [0.1, 0.15) is 6.61 Å². The van der Waals surface area contributed by atoms with Gasteiger partial charge in [-0.1, -0.05) is 42.8 Å². The number of carbonyl (C=O) groups is 3. The van der Waals surface area contributed by atoms with Gasteiger partial charge in [-0.2, -0.15) is 0 Å². The van der Waals surface area contributed by atoms with Crippen molar-refractivity contribution >= 4 is 18.0 Å². The van der Waals surface area contributed by atoms with Crippen LogP contribution in [0.15, 0.2) is 42.5 Å². The Balaban J connectivity index is 2.47. The number of methoxy groups -OCH3 is 2. The summed E-state index contributed by atoms with van der Waals surface area (Å²) in [5.74, 6) is -0.710. The molecule has 1 aromatic carbocycles. The van der Waals surface area contributed by atoms with Gasteiger partial charge in [-0.3, -0.25) is 4.79 Å². The zero-order valence-corrected chi connectivity index (χ0v) is 15.8. The van der Waals surface area contributed by atoms with E-state index < -0.39 is 12.1 Å². The number of benzene rings is 1. The number of rotatable bonds is 11. The van der Waals surface area contributed by atoms with E-state index in [1.165, 1.54) is 20.3 Å². The van der Waals surface area contributed by atoms with Crippen molar-refractivity contribution in [3.63, 3.8) is 0 Å². The van der Waals surface area contributed by atoms with Crippen LogP contribution in [0, 0.1) is 0 Å². The Morgan fingerprint density at radius 1 is 1.07 bits per heavy atom. The smallest absolute Gasteiger partial charge is 0.407 e. The van der Waals surface area contributed by atoms with Crippen molar-refractivity contribution in [1.29, 1.82) is 0 Å². The van der Waals surface area contributed by atoms with E-state index in [1.807, 2.05) is 30.3 Å². The Hall–Kier alpha value is -2.83. The highest BCUT2D eigenvalue weighted by Gasteiger charge is 2.13. The van der Waals surface area contributed by atoms with Crippen LogP contribution in [0.2, 0.25) is 0 Å². The monoisotopic (exact) mass is 377 g/mol. The maximum atomic E-state index is 12.0. The van der Waals surface area contributed by atoms with Crippen LogP contribution >= 0.6 is 0 Å². The molecule has 1 rings (SSSR count). The molecule has 0 saturated carbocycles. The SMILES string of the molecule is COC(=O)/C=C/CC(CCCCC(=O)OC)NC(=O)OCc1ccccc1. The fourth-order valence-electron chi connectivity index (χ4n) is 2.34. The predicted molar refractivity (Wildman–Crippen MR) is 99.8 cm³/mol. The van der Waals surface area contributed by atoms with E-state index in [0.717, 1.165) is 12.0 Å². The molecule has 0 bridgehead atoms. The number of hydrogen-bond acceptors (Lipinski definition) is 6. The zero-order chi connectivity index (χ0) is 19.9. The number of alkyl carbamates (subject to hydrolysis) is 1. The topological polar surface area (TPSA) is 90.9 Å². The van der Waals surface area contributed by atoms with Gasteiger partial charge in [-0.25, -0.2) is 9.59 Å². The number of ether oxygens (including phenoxy) is 3. The van der Waals surface area contributed by atoms with Gasteiger partial charge in [-0.05, 0) is 24.8 Å².